The minimum absolute atomic E-state index is 0.0346. The van der Waals surface area contributed by atoms with Gasteiger partial charge >= 0.3 is 5.97 Å². The van der Waals surface area contributed by atoms with Crippen LogP contribution < -0.4 is 4.74 Å². The highest BCUT2D eigenvalue weighted by molar-refractivity contribution is 7.90. The van der Waals surface area contributed by atoms with Crippen molar-refractivity contribution in [3.63, 3.8) is 0 Å². The number of benzene rings is 3. The largest absolute Gasteiger partial charge is 0.423 e. The van der Waals surface area contributed by atoms with E-state index in [2.05, 4.69) is 0 Å². The number of ether oxygens (including phenoxy) is 1. The van der Waals surface area contributed by atoms with Gasteiger partial charge in [0.05, 0.1) is 15.5 Å². The zero-order valence-electron chi connectivity index (χ0n) is 14.8. The molecule has 0 saturated heterocycles. The molecule has 0 radical (unpaired) electrons. The van der Waals surface area contributed by atoms with E-state index in [1.165, 1.54) is 30.3 Å². The molecular weight excluding hydrogens is 400 g/mol. The van der Waals surface area contributed by atoms with E-state index < -0.39 is 15.8 Å². The Balaban J connectivity index is 1.79. The molecule has 3 aromatic carbocycles. The van der Waals surface area contributed by atoms with E-state index in [9.17, 15) is 18.0 Å². The van der Waals surface area contributed by atoms with Crippen molar-refractivity contribution in [2.24, 2.45) is 0 Å². The van der Waals surface area contributed by atoms with Crippen LogP contribution in [-0.2, 0) is 9.84 Å². The quantitative estimate of drug-likeness (QED) is 0.355. The maximum atomic E-state index is 12.4. The Morgan fingerprint density at radius 3 is 2.07 bits per heavy atom. The lowest BCUT2D eigenvalue weighted by molar-refractivity contribution is 0.0734. The van der Waals surface area contributed by atoms with Gasteiger partial charge in [-0.3, -0.25) is 4.79 Å². The van der Waals surface area contributed by atoms with Crippen LogP contribution in [0.4, 0.5) is 0 Å². The molecule has 7 heteroatoms. The lowest BCUT2D eigenvalue weighted by atomic mass is 10.0. The van der Waals surface area contributed by atoms with Gasteiger partial charge in [0.2, 0.25) is 0 Å². The normalized spacial score (nSPS) is 11.1. The van der Waals surface area contributed by atoms with Gasteiger partial charge in [-0.2, -0.15) is 0 Å². The van der Waals surface area contributed by atoms with Gasteiger partial charge in [0.25, 0.3) is 0 Å². The first-order chi connectivity index (χ1) is 13.3. The van der Waals surface area contributed by atoms with Gasteiger partial charge in [-0.15, -0.1) is 0 Å². The molecule has 3 aromatic rings. The van der Waals surface area contributed by atoms with E-state index in [0.29, 0.717) is 11.1 Å². The molecule has 0 N–H and O–H groups in total. The van der Waals surface area contributed by atoms with Crippen LogP contribution >= 0.6 is 11.6 Å². The molecule has 0 spiro atoms. The van der Waals surface area contributed by atoms with E-state index in [1.807, 2.05) is 6.07 Å². The van der Waals surface area contributed by atoms with Crippen molar-refractivity contribution in [2.45, 2.75) is 4.90 Å². The zero-order chi connectivity index (χ0) is 20.3. The predicted octanol–water partition coefficient (Wildman–Crippen LogP) is 4.19. The zero-order valence-corrected chi connectivity index (χ0v) is 16.3. The van der Waals surface area contributed by atoms with Crippen molar-refractivity contribution in [3.05, 3.63) is 94.5 Å². The molecule has 0 saturated carbocycles. The molecule has 28 heavy (non-hydrogen) atoms. The molecule has 0 heterocycles. The number of sulfone groups is 1. The van der Waals surface area contributed by atoms with Crippen molar-refractivity contribution >= 4 is 33.2 Å². The summed E-state index contributed by atoms with van der Waals surface area (Å²) in [5.41, 5.74) is 0.939. The van der Waals surface area contributed by atoms with Gasteiger partial charge in [0.1, 0.15) is 5.75 Å². The molecule has 0 amide bonds. The fourth-order valence-electron chi connectivity index (χ4n) is 2.48. The second-order valence-corrected chi connectivity index (χ2v) is 8.45. The Kier molecular flexibility index (Phi) is 5.63. The number of esters is 1. The van der Waals surface area contributed by atoms with Crippen molar-refractivity contribution < 1.29 is 22.7 Å². The number of ketones is 1. The average Bonchev–Trinajstić information content (AvgIpc) is 2.68. The van der Waals surface area contributed by atoms with Crippen LogP contribution in [-0.4, -0.2) is 26.4 Å². The number of hydrogen-bond acceptors (Lipinski definition) is 5. The highest BCUT2D eigenvalue weighted by atomic mass is 35.5. The third-order valence-corrected chi connectivity index (χ3v) is 5.39. The molecule has 0 aromatic heterocycles. The molecular formula is C21H15ClO5S. The van der Waals surface area contributed by atoms with Crippen LogP contribution in [0.15, 0.2) is 77.7 Å². The summed E-state index contributed by atoms with van der Waals surface area (Å²) in [7, 11) is -3.49. The molecule has 0 aliphatic heterocycles. The summed E-state index contributed by atoms with van der Waals surface area (Å²) in [6.07, 6.45) is 1.04. The Hall–Kier alpha value is -2.96. The van der Waals surface area contributed by atoms with Crippen LogP contribution in [0, 0.1) is 0 Å². The molecule has 0 aliphatic rings. The highest BCUT2D eigenvalue weighted by Crippen LogP contribution is 2.23. The maximum absolute atomic E-state index is 12.4. The molecule has 5 nitrogen and oxygen atoms in total. The monoisotopic (exact) mass is 414 g/mol. The Bertz CT molecular complexity index is 1140. The summed E-state index contributed by atoms with van der Waals surface area (Å²) in [4.78, 5) is 24.7. The Morgan fingerprint density at radius 2 is 1.46 bits per heavy atom. The summed E-state index contributed by atoms with van der Waals surface area (Å²) in [5.74, 6) is -0.740. The smallest absolute Gasteiger partial charge is 0.345 e. The van der Waals surface area contributed by atoms with E-state index in [0.717, 1.165) is 6.26 Å². The van der Waals surface area contributed by atoms with Crippen molar-refractivity contribution in [2.75, 3.05) is 6.26 Å². The standard InChI is InChI=1S/C21H15ClO5S/c1-28(25,26)17-11-12-19(22)18(13-17)21(24)27-16-9-7-15(8-10-16)20(23)14-5-3-2-4-6-14/h2-13H,1H3. The van der Waals surface area contributed by atoms with E-state index >= 15 is 0 Å². The van der Waals surface area contributed by atoms with Crippen LogP contribution in [0.25, 0.3) is 0 Å². The van der Waals surface area contributed by atoms with Crippen LogP contribution in [0.3, 0.4) is 0 Å². The second kappa shape index (κ2) is 7.96. The first kappa shape index (κ1) is 19.8. The van der Waals surface area contributed by atoms with Crippen LogP contribution in [0.1, 0.15) is 26.3 Å². The van der Waals surface area contributed by atoms with Gasteiger partial charge in [-0.1, -0.05) is 41.9 Å². The van der Waals surface area contributed by atoms with Gasteiger partial charge in [-0.25, -0.2) is 13.2 Å². The SMILES string of the molecule is CS(=O)(=O)c1ccc(Cl)c(C(=O)Oc2ccc(C(=O)c3ccccc3)cc2)c1. The molecule has 0 atom stereocenters. The lowest BCUT2D eigenvalue weighted by Gasteiger charge is -2.08. The predicted molar refractivity (Wildman–Crippen MR) is 106 cm³/mol. The molecule has 142 valence electrons. The number of carbonyl (C=O) groups excluding carboxylic acids is 2. The molecule has 0 bridgehead atoms. The number of rotatable bonds is 5. The fraction of sp³-hybridized carbons (Fsp3) is 0.0476. The van der Waals surface area contributed by atoms with E-state index in [-0.39, 0.29) is 27.0 Å². The maximum Gasteiger partial charge on any atom is 0.345 e. The lowest BCUT2D eigenvalue weighted by Crippen LogP contribution is -2.11. The molecule has 0 unspecified atom stereocenters. The summed E-state index contributed by atoms with van der Waals surface area (Å²) in [5, 5.41) is 0.0771. The van der Waals surface area contributed by atoms with Gasteiger partial charge in [0, 0.05) is 17.4 Å². The average molecular weight is 415 g/mol. The Labute approximate surface area is 167 Å². The Morgan fingerprint density at radius 1 is 0.857 bits per heavy atom. The number of hydrogen-bond donors (Lipinski definition) is 0. The minimum atomic E-state index is -3.49. The topological polar surface area (TPSA) is 77.5 Å². The van der Waals surface area contributed by atoms with Gasteiger partial charge in [-0.05, 0) is 42.5 Å². The van der Waals surface area contributed by atoms with E-state index in [1.54, 1.807) is 36.4 Å². The van der Waals surface area contributed by atoms with Crippen molar-refractivity contribution in [1.29, 1.82) is 0 Å². The van der Waals surface area contributed by atoms with Gasteiger partial charge < -0.3 is 4.74 Å². The number of halogens is 1. The summed E-state index contributed by atoms with van der Waals surface area (Å²) >= 11 is 6.00. The summed E-state index contributed by atoms with van der Waals surface area (Å²) in [6.45, 7) is 0. The summed E-state index contributed by atoms with van der Waals surface area (Å²) < 4.78 is 28.6. The van der Waals surface area contributed by atoms with Crippen molar-refractivity contribution in [3.8, 4) is 5.75 Å². The molecule has 0 aliphatic carbocycles. The summed E-state index contributed by atoms with van der Waals surface area (Å²) in [6, 6.07) is 18.7. The first-order valence-electron chi connectivity index (χ1n) is 8.17. The fourth-order valence-corrected chi connectivity index (χ4v) is 3.33. The van der Waals surface area contributed by atoms with Crippen LogP contribution in [0.2, 0.25) is 5.02 Å². The van der Waals surface area contributed by atoms with E-state index in [4.69, 9.17) is 16.3 Å². The molecule has 3 rings (SSSR count). The minimum Gasteiger partial charge on any atom is -0.423 e. The third-order valence-electron chi connectivity index (χ3n) is 3.95. The highest BCUT2D eigenvalue weighted by Gasteiger charge is 2.17. The van der Waals surface area contributed by atoms with Crippen molar-refractivity contribution in [1.82, 2.24) is 0 Å². The van der Waals surface area contributed by atoms with Crippen LogP contribution in [0.5, 0.6) is 5.75 Å². The number of carbonyl (C=O) groups is 2. The third kappa shape index (κ3) is 4.47. The molecule has 0 fully saturated rings. The first-order valence-corrected chi connectivity index (χ1v) is 10.4. The van der Waals surface area contributed by atoms with Gasteiger partial charge in [0.15, 0.2) is 15.6 Å². The second-order valence-electron chi connectivity index (χ2n) is 6.02.